The maximum atomic E-state index is 13.1. The van der Waals surface area contributed by atoms with Gasteiger partial charge in [-0.1, -0.05) is 90.8 Å². The van der Waals surface area contributed by atoms with Crippen molar-refractivity contribution in [2.24, 2.45) is 0 Å². The second-order valence-corrected chi connectivity index (χ2v) is 11.5. The van der Waals surface area contributed by atoms with Crippen molar-refractivity contribution >= 4 is 10.0 Å². The quantitative estimate of drug-likeness (QED) is 0.262. The lowest BCUT2D eigenvalue weighted by Gasteiger charge is -2.28. The number of hydrogen-bond donors (Lipinski definition) is 0. The van der Waals surface area contributed by atoms with E-state index < -0.39 is 10.0 Å². The smallest absolute Gasteiger partial charge is 0.243 e. The molecule has 0 saturated heterocycles. The van der Waals surface area contributed by atoms with Crippen LogP contribution in [0.1, 0.15) is 102 Å². The van der Waals surface area contributed by atoms with E-state index in [4.69, 9.17) is 4.74 Å². The summed E-state index contributed by atoms with van der Waals surface area (Å²) in [4.78, 5) is 0.381. The summed E-state index contributed by atoms with van der Waals surface area (Å²) < 4.78 is 33.6. The summed E-state index contributed by atoms with van der Waals surface area (Å²) in [6, 6.07) is 13.5. The molecule has 0 aliphatic carbocycles. The molecule has 1 aliphatic rings. The van der Waals surface area contributed by atoms with E-state index in [1.807, 2.05) is 24.3 Å². The van der Waals surface area contributed by atoms with Crippen LogP contribution in [0.25, 0.3) is 0 Å². The third kappa shape index (κ3) is 9.61. The van der Waals surface area contributed by atoms with Crippen molar-refractivity contribution in [3.63, 3.8) is 0 Å². The summed E-state index contributed by atoms with van der Waals surface area (Å²) in [5.74, 6) is 0.826. The predicted molar refractivity (Wildman–Crippen MR) is 148 cm³/mol. The molecule has 196 valence electrons. The molecule has 0 saturated carbocycles. The molecule has 0 radical (unpaired) electrons. The lowest BCUT2D eigenvalue weighted by atomic mass is 10.0. The molecule has 0 bridgehead atoms. The Morgan fingerprint density at radius 2 is 1.43 bits per heavy atom. The Morgan fingerprint density at radius 1 is 0.771 bits per heavy atom. The second kappa shape index (κ2) is 16.0. The predicted octanol–water partition coefficient (Wildman–Crippen LogP) is 7.93. The van der Waals surface area contributed by atoms with Gasteiger partial charge in [-0.05, 0) is 66.6 Å². The highest BCUT2D eigenvalue weighted by Crippen LogP contribution is 2.28. The summed E-state index contributed by atoms with van der Waals surface area (Å²) in [5.41, 5.74) is 3.45. The van der Waals surface area contributed by atoms with Crippen LogP contribution < -0.4 is 4.74 Å². The van der Waals surface area contributed by atoms with Gasteiger partial charge in [-0.25, -0.2) is 8.42 Å². The van der Waals surface area contributed by atoms with Gasteiger partial charge in [0.2, 0.25) is 10.0 Å². The van der Waals surface area contributed by atoms with Crippen molar-refractivity contribution < 1.29 is 13.2 Å². The summed E-state index contributed by atoms with van der Waals surface area (Å²) in [6.07, 6.45) is 13.1. The van der Waals surface area contributed by atoms with E-state index in [0.29, 0.717) is 24.6 Å². The molecule has 2 aromatic rings. The Morgan fingerprint density at radius 3 is 2.06 bits per heavy atom. The lowest BCUT2D eigenvalue weighted by molar-refractivity contribution is 0.307. The zero-order chi connectivity index (χ0) is 25.5. The number of aryl methyl sites for hydroxylation is 1. The summed E-state index contributed by atoms with van der Waals surface area (Å²) >= 11 is 0. The molecule has 0 N–H and O–H groups in total. The van der Waals surface area contributed by atoms with Gasteiger partial charge in [-0.2, -0.15) is 4.31 Å². The largest absolute Gasteiger partial charge is 0.494 e. The molecular formula is C30H47NO3S. The van der Waals surface area contributed by atoms with Crippen molar-refractivity contribution in [2.75, 3.05) is 13.2 Å². The second-order valence-electron chi connectivity index (χ2n) is 9.53. The maximum Gasteiger partial charge on any atom is 0.243 e. The van der Waals surface area contributed by atoms with Crippen molar-refractivity contribution in [3.05, 3.63) is 59.2 Å². The van der Waals surface area contributed by atoms with E-state index in [2.05, 4.69) is 33.8 Å². The number of fused-ring (bicyclic) bond motifs is 1. The molecule has 0 unspecified atom stereocenters. The molecule has 0 aromatic heterocycles. The van der Waals surface area contributed by atoms with Gasteiger partial charge in [0.15, 0.2) is 0 Å². The first-order chi connectivity index (χ1) is 17.0. The van der Waals surface area contributed by atoms with Crippen LogP contribution in [-0.4, -0.2) is 25.9 Å². The lowest BCUT2D eigenvalue weighted by Crippen LogP contribution is -2.36. The van der Waals surface area contributed by atoms with E-state index >= 15 is 0 Å². The molecule has 2 aromatic carbocycles. The fourth-order valence-electron chi connectivity index (χ4n) is 4.17. The average molecular weight is 502 g/mol. The molecule has 0 amide bonds. The van der Waals surface area contributed by atoms with Crippen LogP contribution in [0, 0.1) is 0 Å². The van der Waals surface area contributed by atoms with Gasteiger partial charge in [-0.3, -0.25) is 0 Å². The van der Waals surface area contributed by atoms with Gasteiger partial charge in [-0.15, -0.1) is 0 Å². The molecule has 0 fully saturated rings. The van der Waals surface area contributed by atoms with Crippen LogP contribution in [-0.2, 0) is 29.4 Å². The topological polar surface area (TPSA) is 46.6 Å². The highest BCUT2D eigenvalue weighted by Gasteiger charge is 2.28. The van der Waals surface area contributed by atoms with E-state index in [1.165, 1.54) is 43.2 Å². The van der Waals surface area contributed by atoms with Crippen molar-refractivity contribution in [1.29, 1.82) is 0 Å². The zero-order valence-electron chi connectivity index (χ0n) is 22.5. The van der Waals surface area contributed by atoms with Gasteiger partial charge in [0.05, 0.1) is 11.5 Å². The Bertz CT molecular complexity index is 950. The number of hydrogen-bond acceptors (Lipinski definition) is 3. The van der Waals surface area contributed by atoms with Crippen LogP contribution in [0.4, 0.5) is 0 Å². The van der Waals surface area contributed by atoms with Gasteiger partial charge in [0, 0.05) is 13.1 Å². The third-order valence-corrected chi connectivity index (χ3v) is 8.37. The molecule has 1 heterocycles. The van der Waals surface area contributed by atoms with Crippen LogP contribution in [0.3, 0.4) is 0 Å². The van der Waals surface area contributed by atoms with E-state index in [1.54, 1.807) is 16.4 Å². The average Bonchev–Trinajstić information content (AvgIpc) is 2.88. The molecule has 0 spiro atoms. The third-order valence-electron chi connectivity index (χ3n) is 6.51. The minimum atomic E-state index is -3.48. The molecule has 1 aliphatic heterocycles. The molecule has 0 atom stereocenters. The fraction of sp³-hybridized carbons (Fsp3) is 0.600. The van der Waals surface area contributed by atoms with Gasteiger partial charge < -0.3 is 4.74 Å². The minimum absolute atomic E-state index is 0.381. The summed E-state index contributed by atoms with van der Waals surface area (Å²) in [7, 11) is -3.48. The number of unbranched alkanes of at least 4 members (excludes halogenated alkanes) is 6. The van der Waals surface area contributed by atoms with E-state index in [0.717, 1.165) is 49.8 Å². The minimum Gasteiger partial charge on any atom is -0.494 e. The first-order valence-corrected chi connectivity index (χ1v) is 15.2. The normalized spacial score (nSPS) is 13.6. The number of ether oxygens (including phenoxy) is 1. The highest BCUT2D eigenvalue weighted by molar-refractivity contribution is 7.89. The van der Waals surface area contributed by atoms with Gasteiger partial charge in [0.1, 0.15) is 5.75 Å². The van der Waals surface area contributed by atoms with E-state index in [9.17, 15) is 8.42 Å². The first-order valence-electron chi connectivity index (χ1n) is 13.8. The zero-order valence-corrected chi connectivity index (χ0v) is 23.3. The van der Waals surface area contributed by atoms with Crippen molar-refractivity contribution in [1.82, 2.24) is 4.31 Å². The van der Waals surface area contributed by atoms with Crippen LogP contribution in [0.15, 0.2) is 47.4 Å². The van der Waals surface area contributed by atoms with Crippen LogP contribution in [0.5, 0.6) is 5.75 Å². The SMILES string of the molecule is CCCCCCC.CCCCOc1ccc2c(c1)CN(S(=O)(=O)c1ccc(CCCC)cc1)CC2. The maximum absolute atomic E-state index is 13.1. The van der Waals surface area contributed by atoms with Crippen molar-refractivity contribution in [2.45, 2.75) is 110 Å². The number of sulfonamides is 1. The molecular weight excluding hydrogens is 454 g/mol. The summed E-state index contributed by atoms with van der Waals surface area (Å²) in [6.45, 7) is 10.4. The fourth-order valence-corrected chi connectivity index (χ4v) is 5.59. The standard InChI is InChI=1S/C23H31NO3S.C7H16/c1-3-5-7-19-8-12-23(13-9-19)28(25,26)24-15-14-20-10-11-22(17-21(20)18-24)27-16-6-4-2;1-3-5-7-6-4-2/h8-13,17H,3-7,14-16,18H2,1-2H3;3-7H2,1-2H3. The van der Waals surface area contributed by atoms with Crippen molar-refractivity contribution in [3.8, 4) is 5.75 Å². The van der Waals surface area contributed by atoms with E-state index in [-0.39, 0.29) is 0 Å². The Kier molecular flexibility index (Phi) is 13.4. The Balaban J connectivity index is 0.000000540. The summed E-state index contributed by atoms with van der Waals surface area (Å²) in [5, 5.41) is 0. The number of nitrogens with zero attached hydrogens (tertiary/aromatic N) is 1. The molecule has 35 heavy (non-hydrogen) atoms. The van der Waals surface area contributed by atoms with Gasteiger partial charge in [0.25, 0.3) is 0 Å². The number of rotatable bonds is 13. The molecule has 3 rings (SSSR count). The first kappa shape index (κ1) is 29.4. The van der Waals surface area contributed by atoms with Gasteiger partial charge >= 0.3 is 0 Å². The number of benzene rings is 2. The van der Waals surface area contributed by atoms with Crippen LogP contribution in [0.2, 0.25) is 0 Å². The molecule has 4 nitrogen and oxygen atoms in total. The monoisotopic (exact) mass is 501 g/mol. The Labute approximate surface area is 215 Å². The Hall–Kier alpha value is -1.85. The molecule has 5 heteroatoms. The highest BCUT2D eigenvalue weighted by atomic mass is 32.2. The van der Waals surface area contributed by atoms with Crippen LogP contribution >= 0.6 is 0 Å².